The van der Waals surface area contributed by atoms with Gasteiger partial charge in [-0.2, -0.15) is 0 Å². The molecule has 4 N–H and O–H groups in total. The number of urea groups is 1. The van der Waals surface area contributed by atoms with E-state index in [0.29, 0.717) is 19.6 Å². The quantitative estimate of drug-likeness (QED) is 0.101. The zero-order valence-electron chi connectivity index (χ0n) is 30.1. The van der Waals surface area contributed by atoms with Gasteiger partial charge in [-0.3, -0.25) is 4.90 Å². The summed E-state index contributed by atoms with van der Waals surface area (Å²) in [5.74, 6) is -0.00278. The zero-order valence-corrected chi connectivity index (χ0v) is 30.1. The average molecular weight is 700 g/mol. The Morgan fingerprint density at radius 1 is 0.731 bits per heavy atom. The lowest BCUT2D eigenvalue weighted by molar-refractivity contribution is -0.276. The number of hydrogen-bond acceptors (Lipinski definition) is 6. The van der Waals surface area contributed by atoms with Crippen molar-refractivity contribution < 1.29 is 24.5 Å². The largest absolute Gasteiger partial charge is 0.392 e. The summed E-state index contributed by atoms with van der Waals surface area (Å²) in [7, 11) is 2.03. The number of likely N-dealkylation sites (N-methyl/N-ethyl adjacent to an activating group) is 1. The van der Waals surface area contributed by atoms with Crippen molar-refractivity contribution in [2.24, 2.45) is 5.92 Å². The van der Waals surface area contributed by atoms with Crippen molar-refractivity contribution in [3.8, 4) is 11.1 Å². The van der Waals surface area contributed by atoms with Gasteiger partial charge in [0.25, 0.3) is 0 Å². The Bertz CT molecular complexity index is 1870. The second-order valence-electron chi connectivity index (χ2n) is 13.7. The molecule has 52 heavy (non-hydrogen) atoms. The average Bonchev–Trinajstić information content (AvgIpc) is 3.20. The number of nitrogens with zero attached hydrogens (tertiary/aromatic N) is 1. The summed E-state index contributed by atoms with van der Waals surface area (Å²) in [4.78, 5) is 14.7. The third-order valence-electron chi connectivity index (χ3n) is 10.1. The highest BCUT2D eigenvalue weighted by Gasteiger charge is 2.39. The van der Waals surface area contributed by atoms with Crippen LogP contribution in [0.25, 0.3) is 11.1 Å². The van der Waals surface area contributed by atoms with E-state index < -0.39 is 12.4 Å². The first-order valence-corrected chi connectivity index (χ1v) is 18.0. The normalized spacial score (nSPS) is 19.9. The number of nitrogens with one attached hydrogen (secondary N) is 2. The van der Waals surface area contributed by atoms with Crippen molar-refractivity contribution in [3.05, 3.63) is 167 Å². The van der Waals surface area contributed by atoms with Crippen molar-refractivity contribution in [1.82, 2.24) is 15.5 Å². The van der Waals surface area contributed by atoms with Crippen LogP contribution in [0.4, 0.5) is 4.79 Å². The van der Waals surface area contributed by atoms with Crippen molar-refractivity contribution in [2.45, 2.75) is 64.2 Å². The monoisotopic (exact) mass is 699 g/mol. The fraction of sp³-hybridized carbons (Fsp3) is 0.295. The van der Waals surface area contributed by atoms with Crippen LogP contribution in [-0.4, -0.2) is 46.9 Å². The van der Waals surface area contributed by atoms with E-state index >= 15 is 0 Å². The first-order valence-electron chi connectivity index (χ1n) is 18.0. The van der Waals surface area contributed by atoms with Gasteiger partial charge in [0, 0.05) is 37.2 Å². The summed E-state index contributed by atoms with van der Waals surface area (Å²) in [6, 6.07) is 43.5. The fourth-order valence-electron chi connectivity index (χ4n) is 6.70. The van der Waals surface area contributed by atoms with Gasteiger partial charge in [-0.25, -0.2) is 4.79 Å². The maximum absolute atomic E-state index is 12.5. The van der Waals surface area contributed by atoms with E-state index in [-0.39, 0.29) is 36.8 Å². The first-order chi connectivity index (χ1) is 25.3. The van der Waals surface area contributed by atoms with Gasteiger partial charge >= 0.3 is 6.03 Å². The van der Waals surface area contributed by atoms with Crippen LogP contribution in [-0.2, 0) is 29.2 Å². The van der Waals surface area contributed by atoms with Crippen LogP contribution in [0.1, 0.15) is 65.7 Å². The highest BCUT2D eigenvalue weighted by atomic mass is 16.7. The van der Waals surface area contributed by atoms with Gasteiger partial charge in [0.15, 0.2) is 6.29 Å². The number of hydrogen-bond donors (Lipinski definition) is 4. The highest BCUT2D eigenvalue weighted by molar-refractivity contribution is 5.74. The molecule has 6 atom stereocenters. The summed E-state index contributed by atoms with van der Waals surface area (Å²) in [5.41, 5.74) is 7.70. The van der Waals surface area contributed by atoms with Crippen molar-refractivity contribution in [1.29, 1.82) is 0 Å². The Morgan fingerprint density at radius 3 is 2.04 bits per heavy atom. The molecule has 1 fully saturated rings. The van der Waals surface area contributed by atoms with Gasteiger partial charge in [0.1, 0.15) is 0 Å². The number of carbonyl (C=O) groups excluding carboxylic acids is 1. The van der Waals surface area contributed by atoms with E-state index in [1.807, 2.05) is 123 Å². The molecule has 0 radical (unpaired) electrons. The molecule has 5 aromatic carbocycles. The van der Waals surface area contributed by atoms with E-state index in [1.54, 1.807) is 0 Å². The van der Waals surface area contributed by atoms with Gasteiger partial charge < -0.3 is 30.3 Å². The molecular formula is C44H49N3O5. The molecule has 8 nitrogen and oxygen atoms in total. The molecule has 0 unspecified atom stereocenters. The SMILES string of the molecule is C[C@H]1[C@@H](CN(C)[C@H](C)[C@@H](O)c2ccccc2)O[C@@H](c2cccc(-c3cccc(CNC(=O)NCc4ccccc4)c3)c2)O[C@H]1c1ccc(CO)cc1. The zero-order chi connectivity index (χ0) is 36.5. The predicted molar refractivity (Wildman–Crippen MR) is 204 cm³/mol. The van der Waals surface area contributed by atoms with Gasteiger partial charge in [-0.1, -0.05) is 128 Å². The molecule has 8 heteroatoms. The molecule has 270 valence electrons. The molecule has 0 aromatic heterocycles. The molecule has 0 saturated carbocycles. The third kappa shape index (κ3) is 9.33. The third-order valence-corrected chi connectivity index (χ3v) is 10.1. The molecule has 6 rings (SSSR count). The van der Waals surface area contributed by atoms with Gasteiger partial charge in [-0.05, 0) is 65.0 Å². The number of aliphatic hydroxyl groups is 2. The van der Waals surface area contributed by atoms with Crippen LogP contribution in [0, 0.1) is 5.92 Å². The highest BCUT2D eigenvalue weighted by Crippen LogP contribution is 2.42. The van der Waals surface area contributed by atoms with E-state index in [1.165, 1.54) is 0 Å². The van der Waals surface area contributed by atoms with Crippen LogP contribution in [0.2, 0.25) is 0 Å². The fourth-order valence-corrected chi connectivity index (χ4v) is 6.70. The van der Waals surface area contributed by atoms with Crippen LogP contribution < -0.4 is 10.6 Å². The lowest BCUT2D eigenvalue weighted by Gasteiger charge is -2.43. The number of amides is 2. The number of aliphatic hydroxyl groups excluding tert-OH is 2. The van der Waals surface area contributed by atoms with Crippen LogP contribution >= 0.6 is 0 Å². The Morgan fingerprint density at radius 2 is 1.35 bits per heavy atom. The molecule has 1 aliphatic rings. The van der Waals surface area contributed by atoms with E-state index in [9.17, 15) is 15.0 Å². The summed E-state index contributed by atoms with van der Waals surface area (Å²) in [6.45, 7) is 5.61. The van der Waals surface area contributed by atoms with Crippen LogP contribution in [0.3, 0.4) is 0 Å². The second-order valence-corrected chi connectivity index (χ2v) is 13.7. The molecule has 0 spiro atoms. The second kappa shape index (κ2) is 17.6. The smallest absolute Gasteiger partial charge is 0.315 e. The van der Waals surface area contributed by atoms with Crippen molar-refractivity contribution >= 4 is 6.03 Å². The minimum absolute atomic E-state index is 0.00278. The lowest BCUT2D eigenvalue weighted by atomic mass is 9.89. The molecule has 0 bridgehead atoms. The Kier molecular flexibility index (Phi) is 12.5. The lowest BCUT2D eigenvalue weighted by Crippen LogP contribution is -2.46. The van der Waals surface area contributed by atoms with Crippen molar-refractivity contribution in [3.63, 3.8) is 0 Å². The number of ether oxygens (including phenoxy) is 2. The van der Waals surface area contributed by atoms with E-state index in [2.05, 4.69) is 46.7 Å². The van der Waals surface area contributed by atoms with Crippen LogP contribution in [0.5, 0.6) is 0 Å². The summed E-state index contributed by atoms with van der Waals surface area (Å²) < 4.78 is 13.5. The molecule has 1 saturated heterocycles. The predicted octanol–water partition coefficient (Wildman–Crippen LogP) is 7.69. The summed E-state index contributed by atoms with van der Waals surface area (Å²) in [5, 5.41) is 26.7. The number of benzene rings is 5. The topological polar surface area (TPSA) is 103 Å². The van der Waals surface area contributed by atoms with Gasteiger partial charge in [-0.15, -0.1) is 0 Å². The Hall–Kier alpha value is -4.83. The molecular weight excluding hydrogens is 651 g/mol. The summed E-state index contributed by atoms with van der Waals surface area (Å²) >= 11 is 0. The minimum Gasteiger partial charge on any atom is -0.392 e. The first kappa shape index (κ1) is 36.9. The Balaban J connectivity index is 1.18. The molecule has 0 aliphatic carbocycles. The maximum atomic E-state index is 12.5. The molecule has 5 aromatic rings. The summed E-state index contributed by atoms with van der Waals surface area (Å²) in [6.07, 6.45) is -1.75. The number of carbonyl (C=O) groups is 1. The maximum Gasteiger partial charge on any atom is 0.315 e. The van der Waals surface area contributed by atoms with E-state index in [4.69, 9.17) is 9.47 Å². The van der Waals surface area contributed by atoms with Gasteiger partial charge in [0.05, 0.1) is 24.9 Å². The van der Waals surface area contributed by atoms with Gasteiger partial charge in [0.2, 0.25) is 0 Å². The minimum atomic E-state index is -0.648. The Labute approximate surface area is 307 Å². The standard InChI is InChI=1S/C44H49N3O5/c1-30-40(28-47(3)31(2)41(49)35-15-8-5-9-16-35)51-43(52-42(30)36-22-20-33(29-48)21-23-36)39-19-11-18-38(25-39)37-17-10-14-34(24-37)27-46-44(50)45-26-32-12-6-4-7-13-32/h4-25,30-31,40-43,48-49H,26-29H2,1-3H3,(H2,45,46,50)/t30-,31+,40+,41+,42+,43+/m0/s1. The van der Waals surface area contributed by atoms with Crippen molar-refractivity contribution in [2.75, 3.05) is 13.6 Å². The molecule has 1 aliphatic heterocycles. The number of rotatable bonds is 13. The van der Waals surface area contributed by atoms with Crippen LogP contribution in [0.15, 0.2) is 133 Å². The molecule has 2 amide bonds. The molecule has 1 heterocycles. The van der Waals surface area contributed by atoms with E-state index in [0.717, 1.165) is 44.5 Å².